The van der Waals surface area contributed by atoms with Crippen LogP contribution in [0.15, 0.2) is 61.1 Å². The van der Waals surface area contributed by atoms with E-state index in [1.54, 1.807) is 12.3 Å². The fraction of sp³-hybridized carbons (Fsp3) is 0.0455. The van der Waals surface area contributed by atoms with Gasteiger partial charge in [0, 0.05) is 24.0 Å². The summed E-state index contributed by atoms with van der Waals surface area (Å²) in [5.41, 5.74) is 0.923. The number of pyridine rings is 1. The first-order valence-corrected chi connectivity index (χ1v) is 12.1. The molecule has 0 radical (unpaired) electrons. The van der Waals surface area contributed by atoms with Gasteiger partial charge in [-0.3, -0.25) is 29.9 Å². The summed E-state index contributed by atoms with van der Waals surface area (Å²) in [6.45, 7) is 0. The van der Waals surface area contributed by atoms with E-state index in [1.165, 1.54) is 24.5 Å². The largest absolute Gasteiger partial charge is 0.331 e. The number of hydrogen-bond acceptors (Lipinski definition) is 7. The second kappa shape index (κ2) is 8.53. The van der Waals surface area contributed by atoms with Gasteiger partial charge in [-0.2, -0.15) is 0 Å². The van der Waals surface area contributed by atoms with Crippen LogP contribution < -0.4 is 15.4 Å². The Morgan fingerprint density at radius 2 is 1.71 bits per heavy atom. The summed E-state index contributed by atoms with van der Waals surface area (Å²) in [7, 11) is -3.62. The van der Waals surface area contributed by atoms with E-state index in [9.17, 15) is 18.0 Å². The van der Waals surface area contributed by atoms with Crippen LogP contribution >= 0.6 is 0 Å². The van der Waals surface area contributed by atoms with Crippen molar-refractivity contribution in [1.82, 2.24) is 24.9 Å². The van der Waals surface area contributed by atoms with Crippen molar-refractivity contribution in [2.45, 2.75) is 0 Å². The highest BCUT2D eigenvalue weighted by atomic mass is 32.2. The predicted octanol–water partition coefficient (Wildman–Crippen LogP) is 2.71. The van der Waals surface area contributed by atoms with E-state index in [1.807, 2.05) is 24.3 Å². The molecule has 12 nitrogen and oxygen atoms in total. The Bertz CT molecular complexity index is 1690. The molecule has 3 heterocycles. The molecule has 0 aliphatic rings. The standard InChI is InChI=1S/C22H18N8O4S/c1-35(33,34)30-14-9-15(19(31)28-21-23-6-7-24-21)18-16(10-14)26-22(27-18)29-20(32)17-8-12-4-2-3-5-13(12)11-25-17/h2-11,30H,1H3,(H2,23,24,28,31)(H2,26,27,29,32). The molecule has 5 rings (SSSR count). The Morgan fingerprint density at radius 1 is 0.943 bits per heavy atom. The number of imidazole rings is 2. The van der Waals surface area contributed by atoms with Crippen LogP contribution in [0.5, 0.6) is 0 Å². The molecule has 0 spiro atoms. The van der Waals surface area contributed by atoms with Gasteiger partial charge < -0.3 is 9.97 Å². The minimum absolute atomic E-state index is 0.0588. The highest BCUT2D eigenvalue weighted by molar-refractivity contribution is 7.92. The summed E-state index contributed by atoms with van der Waals surface area (Å²) in [5.74, 6) is -0.826. The Hall–Kier alpha value is -4.78. The smallest absolute Gasteiger partial charge is 0.276 e. The number of aromatic nitrogens is 5. The Balaban J connectivity index is 1.50. The predicted molar refractivity (Wildman–Crippen MR) is 131 cm³/mol. The molecule has 0 aliphatic carbocycles. The van der Waals surface area contributed by atoms with Crippen LogP contribution in [0.25, 0.3) is 21.8 Å². The molecular formula is C22H18N8O4S. The molecule has 0 unspecified atom stereocenters. The molecule has 176 valence electrons. The highest BCUT2D eigenvalue weighted by Crippen LogP contribution is 2.25. The zero-order chi connectivity index (χ0) is 24.6. The van der Waals surface area contributed by atoms with Gasteiger partial charge in [0.1, 0.15) is 11.2 Å². The van der Waals surface area contributed by atoms with E-state index < -0.39 is 21.8 Å². The van der Waals surface area contributed by atoms with E-state index in [0.717, 1.165) is 17.0 Å². The van der Waals surface area contributed by atoms with Crippen LogP contribution in [0, 0.1) is 0 Å². The lowest BCUT2D eigenvalue weighted by molar-refractivity contribution is 0.101. The van der Waals surface area contributed by atoms with Crippen LogP contribution in [-0.4, -0.2) is 51.4 Å². The van der Waals surface area contributed by atoms with Crippen molar-refractivity contribution < 1.29 is 18.0 Å². The molecule has 35 heavy (non-hydrogen) atoms. The third-order valence-corrected chi connectivity index (χ3v) is 5.57. The van der Waals surface area contributed by atoms with E-state index >= 15 is 0 Å². The fourth-order valence-corrected chi connectivity index (χ4v) is 4.06. The van der Waals surface area contributed by atoms with Gasteiger partial charge in [0.05, 0.1) is 23.0 Å². The van der Waals surface area contributed by atoms with Crippen molar-refractivity contribution in [1.29, 1.82) is 0 Å². The number of aromatic amines is 2. The van der Waals surface area contributed by atoms with Crippen molar-refractivity contribution >= 4 is 61.2 Å². The van der Waals surface area contributed by atoms with Crippen molar-refractivity contribution in [2.75, 3.05) is 21.6 Å². The molecular weight excluding hydrogens is 472 g/mol. The number of benzene rings is 2. The number of fused-ring (bicyclic) bond motifs is 2. The van der Waals surface area contributed by atoms with Gasteiger partial charge in [-0.25, -0.2) is 18.4 Å². The maximum atomic E-state index is 12.9. The van der Waals surface area contributed by atoms with E-state index in [-0.39, 0.29) is 34.4 Å². The van der Waals surface area contributed by atoms with Crippen molar-refractivity contribution in [3.63, 3.8) is 0 Å². The zero-order valence-electron chi connectivity index (χ0n) is 18.2. The maximum Gasteiger partial charge on any atom is 0.276 e. The number of sulfonamides is 1. The van der Waals surface area contributed by atoms with Crippen molar-refractivity contribution in [2.24, 2.45) is 0 Å². The first-order valence-electron chi connectivity index (χ1n) is 10.2. The maximum absolute atomic E-state index is 12.9. The second-order valence-electron chi connectivity index (χ2n) is 7.64. The molecule has 0 aliphatic heterocycles. The Labute approximate surface area is 198 Å². The topological polar surface area (TPSA) is 175 Å². The van der Waals surface area contributed by atoms with Gasteiger partial charge in [-0.05, 0) is 23.6 Å². The highest BCUT2D eigenvalue weighted by Gasteiger charge is 2.19. The summed E-state index contributed by atoms with van der Waals surface area (Å²) in [5, 5.41) is 6.96. The van der Waals surface area contributed by atoms with Crippen molar-refractivity contribution in [3.05, 3.63) is 72.3 Å². The normalized spacial score (nSPS) is 11.5. The average molecular weight is 491 g/mol. The molecule has 0 saturated heterocycles. The molecule has 0 atom stereocenters. The first-order chi connectivity index (χ1) is 16.7. The van der Waals surface area contributed by atoms with Crippen LogP contribution in [0.2, 0.25) is 0 Å². The number of rotatable bonds is 6. The summed E-state index contributed by atoms with van der Waals surface area (Å²) >= 11 is 0. The third kappa shape index (κ3) is 4.79. The summed E-state index contributed by atoms with van der Waals surface area (Å²) in [6, 6.07) is 12.0. The summed E-state index contributed by atoms with van der Waals surface area (Å²) in [4.78, 5) is 43.9. The molecule has 0 saturated carbocycles. The van der Waals surface area contributed by atoms with Crippen LogP contribution in [0.3, 0.4) is 0 Å². The van der Waals surface area contributed by atoms with Gasteiger partial charge in [0.15, 0.2) is 0 Å². The number of hydrogen-bond donors (Lipinski definition) is 5. The minimum Gasteiger partial charge on any atom is -0.331 e. The van der Waals surface area contributed by atoms with E-state index in [4.69, 9.17) is 0 Å². The fourth-order valence-electron chi connectivity index (χ4n) is 3.51. The number of anilines is 3. The molecule has 2 amide bonds. The van der Waals surface area contributed by atoms with Gasteiger partial charge in [0.2, 0.25) is 21.9 Å². The van der Waals surface area contributed by atoms with Gasteiger partial charge >= 0.3 is 0 Å². The quantitative estimate of drug-likeness (QED) is 0.243. The molecule has 0 bridgehead atoms. The minimum atomic E-state index is -3.62. The van der Waals surface area contributed by atoms with Crippen LogP contribution in [0.4, 0.5) is 17.6 Å². The zero-order valence-corrected chi connectivity index (χ0v) is 19.0. The monoisotopic (exact) mass is 490 g/mol. The summed E-state index contributed by atoms with van der Waals surface area (Å²) < 4.78 is 25.9. The Kier molecular flexibility index (Phi) is 5.37. The van der Waals surface area contributed by atoms with E-state index in [2.05, 4.69) is 40.3 Å². The average Bonchev–Trinajstić information content (AvgIpc) is 3.46. The first kappa shape index (κ1) is 22.0. The lowest BCUT2D eigenvalue weighted by Gasteiger charge is -2.08. The number of H-pyrrole nitrogens is 2. The molecule has 2 aromatic carbocycles. The molecule has 5 N–H and O–H groups in total. The number of carbonyl (C=O) groups excluding carboxylic acids is 2. The van der Waals surface area contributed by atoms with E-state index in [0.29, 0.717) is 5.52 Å². The number of carbonyl (C=O) groups is 2. The lowest BCUT2D eigenvalue weighted by atomic mass is 10.1. The molecule has 13 heteroatoms. The van der Waals surface area contributed by atoms with Crippen LogP contribution in [-0.2, 0) is 10.0 Å². The number of nitrogens with zero attached hydrogens (tertiary/aromatic N) is 3. The van der Waals surface area contributed by atoms with Gasteiger partial charge in [0.25, 0.3) is 11.8 Å². The third-order valence-electron chi connectivity index (χ3n) is 4.96. The molecule has 5 aromatic rings. The number of amides is 2. The van der Waals surface area contributed by atoms with Gasteiger partial charge in [-0.15, -0.1) is 0 Å². The Morgan fingerprint density at radius 3 is 2.46 bits per heavy atom. The SMILES string of the molecule is CS(=O)(=O)Nc1cc(C(=O)Nc2ncc[nH]2)c2nc(NC(=O)c3cc4ccccc4cn3)[nH]c2c1. The summed E-state index contributed by atoms with van der Waals surface area (Å²) in [6.07, 6.45) is 5.60. The van der Waals surface area contributed by atoms with Gasteiger partial charge in [-0.1, -0.05) is 24.3 Å². The van der Waals surface area contributed by atoms with Crippen LogP contribution in [0.1, 0.15) is 20.8 Å². The second-order valence-corrected chi connectivity index (χ2v) is 9.39. The lowest BCUT2D eigenvalue weighted by Crippen LogP contribution is -2.15. The van der Waals surface area contributed by atoms with Crippen molar-refractivity contribution in [3.8, 4) is 0 Å². The molecule has 3 aromatic heterocycles. The number of nitrogens with one attached hydrogen (secondary N) is 5. The molecule has 0 fully saturated rings.